The van der Waals surface area contributed by atoms with E-state index in [0.29, 0.717) is 22.9 Å². The summed E-state index contributed by atoms with van der Waals surface area (Å²) in [7, 11) is 1.78. The van der Waals surface area contributed by atoms with Crippen LogP contribution in [0, 0.1) is 11.9 Å². The zero-order valence-electron chi connectivity index (χ0n) is 13.7. The van der Waals surface area contributed by atoms with Gasteiger partial charge in [-0.05, 0) is 56.1 Å². The van der Waals surface area contributed by atoms with Gasteiger partial charge in [0.1, 0.15) is 5.69 Å². The van der Waals surface area contributed by atoms with Crippen molar-refractivity contribution in [2.75, 3.05) is 19.6 Å². The van der Waals surface area contributed by atoms with Gasteiger partial charge in [0, 0.05) is 25.8 Å². The number of pyridine rings is 1. The van der Waals surface area contributed by atoms with E-state index in [1.54, 1.807) is 35.9 Å². The number of nitrogens with one attached hydrogen (secondary N) is 1. The number of nitrogens with zero attached hydrogens (tertiary/aromatic N) is 3. The molecule has 0 unspecified atom stereocenters. The molecule has 1 atom stereocenters. The standard InChI is InChI=1S/C18H21FN4O/c1-22-15(13-3-2-8-20-17(13)19)4-5-16(22)18(24)21-14-11-23-9-6-12(14)7-10-23/h2-5,8,12,14H,6-7,9-11H2,1H3,(H,21,24)/t14-/m0/s1. The third-order valence-electron chi connectivity index (χ3n) is 5.36. The molecule has 2 aromatic heterocycles. The van der Waals surface area contributed by atoms with E-state index in [2.05, 4.69) is 15.2 Å². The first-order chi connectivity index (χ1) is 11.6. The summed E-state index contributed by atoms with van der Waals surface area (Å²) in [6.07, 6.45) is 3.73. The maximum absolute atomic E-state index is 13.9. The van der Waals surface area contributed by atoms with E-state index >= 15 is 0 Å². The van der Waals surface area contributed by atoms with Crippen molar-refractivity contribution in [1.82, 2.24) is 19.8 Å². The van der Waals surface area contributed by atoms with Gasteiger partial charge in [0.25, 0.3) is 5.91 Å². The summed E-state index contributed by atoms with van der Waals surface area (Å²) in [5.41, 5.74) is 1.60. The highest BCUT2D eigenvalue weighted by molar-refractivity contribution is 5.94. The minimum atomic E-state index is -0.525. The fourth-order valence-electron chi connectivity index (χ4n) is 3.96. The van der Waals surface area contributed by atoms with E-state index in [-0.39, 0.29) is 11.9 Å². The molecule has 2 bridgehead atoms. The van der Waals surface area contributed by atoms with Crippen LogP contribution in [-0.4, -0.2) is 46.0 Å². The molecule has 0 radical (unpaired) electrons. The highest BCUT2D eigenvalue weighted by Gasteiger charge is 2.35. The van der Waals surface area contributed by atoms with Crippen molar-refractivity contribution in [3.8, 4) is 11.3 Å². The summed E-state index contributed by atoms with van der Waals surface area (Å²) in [6, 6.07) is 7.10. The molecule has 24 heavy (non-hydrogen) atoms. The highest BCUT2D eigenvalue weighted by Crippen LogP contribution is 2.28. The minimum absolute atomic E-state index is 0.0909. The predicted octanol–water partition coefficient (Wildman–Crippen LogP) is 2.05. The molecule has 3 fully saturated rings. The largest absolute Gasteiger partial charge is 0.346 e. The van der Waals surface area contributed by atoms with Gasteiger partial charge in [-0.3, -0.25) is 4.79 Å². The Hall–Kier alpha value is -2.21. The number of carbonyl (C=O) groups is 1. The summed E-state index contributed by atoms with van der Waals surface area (Å²) < 4.78 is 15.6. The molecule has 6 heteroatoms. The van der Waals surface area contributed by atoms with Gasteiger partial charge in [0.2, 0.25) is 5.95 Å². The zero-order valence-corrected chi connectivity index (χ0v) is 13.7. The van der Waals surface area contributed by atoms with E-state index < -0.39 is 5.95 Å². The second-order valence-electron chi connectivity index (χ2n) is 6.72. The molecule has 0 saturated carbocycles. The van der Waals surface area contributed by atoms with Crippen LogP contribution in [-0.2, 0) is 7.05 Å². The monoisotopic (exact) mass is 328 g/mol. The van der Waals surface area contributed by atoms with Crippen molar-refractivity contribution in [2.24, 2.45) is 13.0 Å². The number of aromatic nitrogens is 2. The van der Waals surface area contributed by atoms with Crippen molar-refractivity contribution in [3.63, 3.8) is 0 Å². The summed E-state index contributed by atoms with van der Waals surface area (Å²) in [5.74, 6) is -0.0377. The van der Waals surface area contributed by atoms with Crippen LogP contribution in [0.5, 0.6) is 0 Å². The van der Waals surface area contributed by atoms with Crippen molar-refractivity contribution < 1.29 is 9.18 Å². The molecule has 1 N–H and O–H groups in total. The van der Waals surface area contributed by atoms with E-state index in [9.17, 15) is 9.18 Å². The fourth-order valence-corrected chi connectivity index (χ4v) is 3.96. The van der Waals surface area contributed by atoms with Crippen LogP contribution in [0.15, 0.2) is 30.5 Å². The smallest absolute Gasteiger partial charge is 0.268 e. The van der Waals surface area contributed by atoms with Gasteiger partial charge in [0.15, 0.2) is 0 Å². The Bertz CT molecular complexity index is 764. The number of fused-ring (bicyclic) bond motifs is 3. The van der Waals surface area contributed by atoms with Gasteiger partial charge in [-0.2, -0.15) is 4.39 Å². The lowest BCUT2D eigenvalue weighted by atomic mass is 9.84. The summed E-state index contributed by atoms with van der Waals surface area (Å²) in [4.78, 5) is 18.8. The lowest BCUT2D eigenvalue weighted by Gasteiger charge is -2.44. The van der Waals surface area contributed by atoms with Gasteiger partial charge in [-0.15, -0.1) is 0 Å². The van der Waals surface area contributed by atoms with Crippen molar-refractivity contribution in [2.45, 2.75) is 18.9 Å². The average Bonchev–Trinajstić information content (AvgIpc) is 2.98. The van der Waals surface area contributed by atoms with Gasteiger partial charge in [-0.25, -0.2) is 4.98 Å². The third-order valence-corrected chi connectivity index (χ3v) is 5.36. The molecule has 2 aromatic rings. The lowest BCUT2D eigenvalue weighted by molar-refractivity contribution is 0.0616. The summed E-state index contributed by atoms with van der Waals surface area (Å²) in [5, 5.41) is 3.18. The quantitative estimate of drug-likeness (QED) is 0.878. The number of rotatable bonds is 3. The zero-order chi connectivity index (χ0) is 16.7. The molecule has 3 saturated heterocycles. The second kappa shape index (κ2) is 6.02. The Kier molecular flexibility index (Phi) is 3.84. The second-order valence-corrected chi connectivity index (χ2v) is 6.72. The molecule has 1 amide bonds. The van der Waals surface area contributed by atoms with Crippen LogP contribution < -0.4 is 5.32 Å². The van der Waals surface area contributed by atoms with Crippen molar-refractivity contribution in [3.05, 3.63) is 42.1 Å². The number of hydrogen-bond donors (Lipinski definition) is 1. The first-order valence-electron chi connectivity index (χ1n) is 8.43. The number of halogens is 1. The topological polar surface area (TPSA) is 50.2 Å². The van der Waals surface area contributed by atoms with Crippen molar-refractivity contribution >= 4 is 5.91 Å². The molecule has 5 heterocycles. The van der Waals surface area contributed by atoms with Gasteiger partial charge in [0.05, 0.1) is 11.3 Å². The Balaban J connectivity index is 1.55. The number of hydrogen-bond acceptors (Lipinski definition) is 3. The molecular weight excluding hydrogens is 307 g/mol. The molecular formula is C18H21FN4O. The normalized spacial score (nSPS) is 25.7. The van der Waals surface area contributed by atoms with E-state index in [1.165, 1.54) is 6.20 Å². The first-order valence-corrected chi connectivity index (χ1v) is 8.43. The van der Waals surface area contributed by atoms with Gasteiger partial charge >= 0.3 is 0 Å². The number of piperidine rings is 3. The van der Waals surface area contributed by atoms with Crippen LogP contribution in [0.4, 0.5) is 4.39 Å². The molecule has 0 aliphatic carbocycles. The Morgan fingerprint density at radius 2 is 2.08 bits per heavy atom. The predicted molar refractivity (Wildman–Crippen MR) is 89.0 cm³/mol. The summed E-state index contributed by atoms with van der Waals surface area (Å²) in [6.45, 7) is 3.22. The molecule has 126 valence electrons. The molecule has 5 nitrogen and oxygen atoms in total. The molecule has 5 rings (SSSR count). The number of amides is 1. The third kappa shape index (κ3) is 2.60. The van der Waals surface area contributed by atoms with E-state index in [1.807, 2.05) is 0 Å². The van der Waals surface area contributed by atoms with Gasteiger partial charge in [-0.1, -0.05) is 0 Å². The maximum atomic E-state index is 13.9. The molecule has 3 aliphatic heterocycles. The average molecular weight is 328 g/mol. The Morgan fingerprint density at radius 1 is 1.29 bits per heavy atom. The molecule has 0 aromatic carbocycles. The number of carbonyl (C=O) groups excluding carboxylic acids is 1. The summed E-state index contributed by atoms with van der Waals surface area (Å²) >= 11 is 0. The van der Waals surface area contributed by atoms with Crippen molar-refractivity contribution in [1.29, 1.82) is 0 Å². The Labute approximate surface area is 140 Å². The SMILES string of the molecule is Cn1c(C(=O)N[C@H]2CN3CCC2CC3)ccc1-c1cccnc1F. The maximum Gasteiger partial charge on any atom is 0.268 e. The molecule has 3 aliphatic rings. The molecule has 0 spiro atoms. The Morgan fingerprint density at radius 3 is 2.75 bits per heavy atom. The van der Waals surface area contributed by atoms with Crippen LogP contribution in [0.1, 0.15) is 23.3 Å². The van der Waals surface area contributed by atoms with Crippen LogP contribution in [0.25, 0.3) is 11.3 Å². The van der Waals surface area contributed by atoms with Crippen LogP contribution in [0.3, 0.4) is 0 Å². The van der Waals surface area contributed by atoms with Crippen LogP contribution >= 0.6 is 0 Å². The van der Waals surface area contributed by atoms with Crippen LogP contribution in [0.2, 0.25) is 0 Å². The fraction of sp³-hybridized carbons (Fsp3) is 0.444. The minimum Gasteiger partial charge on any atom is -0.346 e. The van der Waals surface area contributed by atoms with E-state index in [0.717, 1.165) is 32.5 Å². The highest BCUT2D eigenvalue weighted by atomic mass is 19.1. The van der Waals surface area contributed by atoms with E-state index in [4.69, 9.17) is 0 Å². The van der Waals surface area contributed by atoms with Gasteiger partial charge < -0.3 is 14.8 Å². The lowest BCUT2D eigenvalue weighted by Crippen LogP contribution is -2.57. The first kappa shape index (κ1) is 15.3.